The van der Waals surface area contributed by atoms with Gasteiger partial charge in [0.25, 0.3) is 11.8 Å². The fraction of sp³-hybridized carbons (Fsp3) is 0.452. The van der Waals surface area contributed by atoms with Crippen LogP contribution < -0.4 is 5.32 Å². The van der Waals surface area contributed by atoms with Crippen LogP contribution in [-0.4, -0.2) is 21.6 Å². The van der Waals surface area contributed by atoms with Crippen LogP contribution in [0.25, 0.3) is 0 Å². The van der Waals surface area contributed by atoms with Crippen LogP contribution in [0, 0.1) is 13.8 Å². The Balaban J connectivity index is 1.62. The summed E-state index contributed by atoms with van der Waals surface area (Å²) < 4.78 is 1.52. The molecule has 3 rings (SSSR count). The smallest absolute Gasteiger partial charge is 0.278 e. The van der Waals surface area contributed by atoms with Gasteiger partial charge < -0.3 is 5.32 Å². The zero-order chi connectivity index (χ0) is 26.3. The predicted molar refractivity (Wildman–Crippen MR) is 148 cm³/mol. The third kappa shape index (κ3) is 6.93. The molecule has 0 aliphatic rings. The number of nitrogens with zero attached hydrogens (tertiary/aromatic N) is 2. The van der Waals surface area contributed by atoms with Crippen LogP contribution in [0.15, 0.2) is 48.5 Å². The number of benzene rings is 2. The molecule has 1 heterocycles. The van der Waals surface area contributed by atoms with Crippen molar-refractivity contribution >= 4 is 17.5 Å². The van der Waals surface area contributed by atoms with Crippen molar-refractivity contribution in [3.63, 3.8) is 0 Å². The standard InChI is InChI=1S/C31H41N3O2/c1-7-8-9-10-11-12-13-28-22(2)33-34(23(28)3)30(36)25-16-20-27(21-17-25)32-29(35)24-14-18-26(19-15-24)31(4,5)6/h14-21H,7-13H2,1-6H3,(H,32,35). The maximum absolute atomic E-state index is 13.2. The first-order valence-electron chi connectivity index (χ1n) is 13.2. The minimum absolute atomic E-state index is 0.0395. The highest BCUT2D eigenvalue weighted by molar-refractivity contribution is 6.04. The molecule has 192 valence electrons. The Morgan fingerprint density at radius 3 is 2.03 bits per heavy atom. The van der Waals surface area contributed by atoms with Crippen LogP contribution in [0.3, 0.4) is 0 Å². The van der Waals surface area contributed by atoms with E-state index in [1.54, 1.807) is 24.3 Å². The summed E-state index contributed by atoms with van der Waals surface area (Å²) >= 11 is 0. The summed E-state index contributed by atoms with van der Waals surface area (Å²) in [6.45, 7) is 12.6. The van der Waals surface area contributed by atoms with Gasteiger partial charge in [0.05, 0.1) is 5.69 Å². The van der Waals surface area contributed by atoms with Crippen LogP contribution in [0.2, 0.25) is 0 Å². The number of aryl methyl sites for hydroxylation is 1. The van der Waals surface area contributed by atoms with Crippen molar-refractivity contribution in [3.05, 3.63) is 82.2 Å². The van der Waals surface area contributed by atoms with Gasteiger partial charge in [-0.3, -0.25) is 9.59 Å². The Labute approximate surface area is 216 Å². The number of amides is 1. The second-order valence-corrected chi connectivity index (χ2v) is 10.7. The number of aromatic nitrogens is 2. The molecule has 0 saturated heterocycles. The van der Waals surface area contributed by atoms with Gasteiger partial charge in [-0.05, 0) is 79.6 Å². The molecule has 0 radical (unpaired) electrons. The first kappa shape index (κ1) is 27.4. The lowest BCUT2D eigenvalue weighted by molar-refractivity contribution is 0.0941. The van der Waals surface area contributed by atoms with E-state index in [2.05, 4.69) is 38.1 Å². The van der Waals surface area contributed by atoms with Crippen molar-refractivity contribution in [1.82, 2.24) is 9.78 Å². The highest BCUT2D eigenvalue weighted by Crippen LogP contribution is 2.23. The fourth-order valence-electron chi connectivity index (χ4n) is 4.46. The lowest BCUT2D eigenvalue weighted by atomic mass is 9.87. The minimum Gasteiger partial charge on any atom is -0.322 e. The zero-order valence-corrected chi connectivity index (χ0v) is 22.8. The summed E-state index contributed by atoms with van der Waals surface area (Å²) in [7, 11) is 0. The molecule has 5 heteroatoms. The van der Waals surface area contributed by atoms with E-state index in [1.807, 2.05) is 38.1 Å². The second kappa shape index (κ2) is 12.2. The minimum atomic E-state index is -0.174. The Morgan fingerprint density at radius 2 is 1.42 bits per heavy atom. The lowest BCUT2D eigenvalue weighted by Gasteiger charge is -2.19. The third-order valence-corrected chi connectivity index (χ3v) is 6.82. The molecule has 1 amide bonds. The quantitative estimate of drug-likeness (QED) is 0.299. The number of unbranched alkanes of at least 4 members (excludes halogenated alkanes) is 5. The number of carbonyl (C=O) groups excluding carboxylic acids is 2. The van der Waals surface area contributed by atoms with Crippen molar-refractivity contribution in [1.29, 1.82) is 0 Å². The monoisotopic (exact) mass is 487 g/mol. The van der Waals surface area contributed by atoms with Crippen molar-refractivity contribution in [2.75, 3.05) is 5.32 Å². The maximum atomic E-state index is 13.2. The number of carbonyl (C=O) groups is 2. The summed E-state index contributed by atoms with van der Waals surface area (Å²) in [5, 5.41) is 7.46. The van der Waals surface area contributed by atoms with Gasteiger partial charge in [-0.2, -0.15) is 5.10 Å². The molecule has 0 fully saturated rings. The van der Waals surface area contributed by atoms with Crippen LogP contribution in [0.5, 0.6) is 0 Å². The van der Waals surface area contributed by atoms with Crippen LogP contribution >= 0.6 is 0 Å². The number of hydrogen-bond donors (Lipinski definition) is 1. The summed E-state index contributed by atoms with van der Waals surface area (Å²) in [5.41, 5.74) is 6.04. The molecular formula is C31H41N3O2. The van der Waals surface area contributed by atoms with E-state index in [0.29, 0.717) is 16.8 Å². The second-order valence-electron chi connectivity index (χ2n) is 10.7. The molecule has 36 heavy (non-hydrogen) atoms. The molecule has 0 aliphatic carbocycles. The van der Waals surface area contributed by atoms with E-state index in [4.69, 9.17) is 0 Å². The maximum Gasteiger partial charge on any atom is 0.278 e. The Bertz CT molecular complexity index is 1170. The molecule has 0 spiro atoms. The Hall–Kier alpha value is -3.21. The molecule has 1 aromatic heterocycles. The molecule has 0 unspecified atom stereocenters. The van der Waals surface area contributed by atoms with E-state index in [0.717, 1.165) is 24.2 Å². The van der Waals surface area contributed by atoms with Gasteiger partial charge in [0.15, 0.2) is 0 Å². The summed E-state index contributed by atoms with van der Waals surface area (Å²) in [6.07, 6.45) is 8.42. The number of hydrogen-bond acceptors (Lipinski definition) is 3. The highest BCUT2D eigenvalue weighted by Gasteiger charge is 2.18. The van der Waals surface area contributed by atoms with Gasteiger partial charge in [0, 0.05) is 22.5 Å². The number of rotatable bonds is 10. The lowest BCUT2D eigenvalue weighted by Crippen LogP contribution is -2.16. The zero-order valence-electron chi connectivity index (χ0n) is 22.8. The molecule has 2 aromatic carbocycles. The van der Waals surface area contributed by atoms with E-state index >= 15 is 0 Å². The molecule has 0 bridgehead atoms. The largest absolute Gasteiger partial charge is 0.322 e. The predicted octanol–water partition coefficient (Wildman–Crippen LogP) is 7.64. The summed E-state index contributed by atoms with van der Waals surface area (Å²) in [5.74, 6) is -0.326. The molecule has 0 aliphatic heterocycles. The van der Waals surface area contributed by atoms with E-state index < -0.39 is 0 Å². The topological polar surface area (TPSA) is 64.0 Å². The molecule has 5 nitrogen and oxygen atoms in total. The molecule has 3 aromatic rings. The molecule has 1 N–H and O–H groups in total. The van der Waals surface area contributed by atoms with Gasteiger partial charge in [-0.15, -0.1) is 0 Å². The molecule has 0 saturated carbocycles. The SMILES string of the molecule is CCCCCCCCc1c(C)nn(C(=O)c2ccc(NC(=O)c3ccc(C(C)(C)C)cc3)cc2)c1C. The van der Waals surface area contributed by atoms with Gasteiger partial charge in [-0.1, -0.05) is 71.9 Å². The average Bonchev–Trinajstić information content (AvgIpc) is 3.14. The molecule has 0 atom stereocenters. The van der Waals surface area contributed by atoms with Gasteiger partial charge in [-0.25, -0.2) is 4.68 Å². The Morgan fingerprint density at radius 1 is 0.833 bits per heavy atom. The van der Waals surface area contributed by atoms with Crippen molar-refractivity contribution < 1.29 is 9.59 Å². The van der Waals surface area contributed by atoms with Crippen LogP contribution in [-0.2, 0) is 11.8 Å². The highest BCUT2D eigenvalue weighted by atomic mass is 16.2. The average molecular weight is 488 g/mol. The van der Waals surface area contributed by atoms with E-state index in [-0.39, 0.29) is 17.2 Å². The van der Waals surface area contributed by atoms with Gasteiger partial charge >= 0.3 is 0 Å². The first-order chi connectivity index (χ1) is 17.1. The van der Waals surface area contributed by atoms with Crippen molar-refractivity contribution in [2.45, 2.75) is 91.9 Å². The van der Waals surface area contributed by atoms with E-state index in [9.17, 15) is 9.59 Å². The normalized spacial score (nSPS) is 11.5. The Kier molecular flexibility index (Phi) is 9.25. The van der Waals surface area contributed by atoms with Gasteiger partial charge in [0.2, 0.25) is 0 Å². The van der Waals surface area contributed by atoms with Crippen molar-refractivity contribution in [2.24, 2.45) is 0 Å². The molecular weight excluding hydrogens is 446 g/mol. The van der Waals surface area contributed by atoms with Crippen molar-refractivity contribution in [3.8, 4) is 0 Å². The summed E-state index contributed by atoms with van der Waals surface area (Å²) in [4.78, 5) is 25.8. The van der Waals surface area contributed by atoms with E-state index in [1.165, 1.54) is 47.9 Å². The number of anilines is 1. The van der Waals surface area contributed by atoms with Crippen LogP contribution in [0.4, 0.5) is 5.69 Å². The number of nitrogens with one attached hydrogen (secondary N) is 1. The summed E-state index contributed by atoms with van der Waals surface area (Å²) in [6, 6.07) is 14.7. The van der Waals surface area contributed by atoms with Crippen LogP contribution in [0.1, 0.15) is 109 Å². The first-order valence-corrected chi connectivity index (χ1v) is 13.2. The fourth-order valence-corrected chi connectivity index (χ4v) is 4.46. The van der Waals surface area contributed by atoms with Gasteiger partial charge in [0.1, 0.15) is 0 Å². The third-order valence-electron chi connectivity index (χ3n) is 6.82.